The zero-order chi connectivity index (χ0) is 23.8. The summed E-state index contributed by atoms with van der Waals surface area (Å²) in [6.07, 6.45) is 3.18. The van der Waals surface area contributed by atoms with Gasteiger partial charge in [-0.15, -0.1) is 0 Å². The molecule has 0 fully saturated rings. The third kappa shape index (κ3) is 4.09. The van der Waals surface area contributed by atoms with Crippen LogP contribution in [0.4, 0.5) is 0 Å². The molecule has 0 aliphatic carbocycles. The standard InChI is InChI=1S/C28H22O6/c29-20-7-2-16(3-8-20)1-4-18-11-24(33)15-25-26(18)27(19-12-22(31)14-23(32)13-19)28(34-25)17-5-9-21(30)10-6-17/h1-15,27-33H/b4-1+/t27-,28?/m0/s1. The molecule has 34 heavy (non-hydrogen) atoms. The quantitative estimate of drug-likeness (QED) is 0.255. The first kappa shape index (κ1) is 21.3. The molecule has 1 aliphatic rings. The van der Waals surface area contributed by atoms with Crippen molar-refractivity contribution in [1.82, 2.24) is 0 Å². The van der Waals surface area contributed by atoms with Gasteiger partial charge in [-0.1, -0.05) is 36.4 Å². The number of fused-ring (bicyclic) bond motifs is 1. The zero-order valence-corrected chi connectivity index (χ0v) is 18.0. The van der Waals surface area contributed by atoms with Crippen molar-refractivity contribution in [3.05, 3.63) is 107 Å². The van der Waals surface area contributed by atoms with Gasteiger partial charge in [0.05, 0.1) is 5.92 Å². The average Bonchev–Trinajstić information content (AvgIpc) is 3.17. The van der Waals surface area contributed by atoms with Crippen LogP contribution < -0.4 is 4.74 Å². The minimum atomic E-state index is -0.528. The fourth-order valence-electron chi connectivity index (χ4n) is 4.39. The SMILES string of the molecule is Oc1ccc(/C=C/c2cc(O)cc3c2[C@H](c2cc(O)cc(O)c2)C(c2ccc(O)cc2)O3)cc1. The van der Waals surface area contributed by atoms with Gasteiger partial charge >= 0.3 is 0 Å². The van der Waals surface area contributed by atoms with Gasteiger partial charge in [-0.2, -0.15) is 0 Å². The Morgan fingerprint density at radius 1 is 0.559 bits per heavy atom. The summed E-state index contributed by atoms with van der Waals surface area (Å²) in [5.74, 6) is 0.243. The molecule has 0 bridgehead atoms. The maximum absolute atomic E-state index is 10.4. The van der Waals surface area contributed by atoms with Crippen molar-refractivity contribution in [1.29, 1.82) is 0 Å². The summed E-state index contributed by atoms with van der Waals surface area (Å²) in [5.41, 5.74) is 3.78. The van der Waals surface area contributed by atoms with E-state index in [4.69, 9.17) is 4.74 Å². The van der Waals surface area contributed by atoms with Crippen LogP contribution in [-0.4, -0.2) is 25.5 Å². The van der Waals surface area contributed by atoms with E-state index in [-0.39, 0.29) is 28.7 Å². The number of benzene rings is 4. The van der Waals surface area contributed by atoms with Crippen LogP contribution in [0.5, 0.6) is 34.5 Å². The smallest absolute Gasteiger partial charge is 0.135 e. The molecule has 0 aromatic heterocycles. The van der Waals surface area contributed by atoms with Gasteiger partial charge in [0.2, 0.25) is 0 Å². The van der Waals surface area contributed by atoms with Gasteiger partial charge in [0.15, 0.2) is 0 Å². The van der Waals surface area contributed by atoms with E-state index in [1.54, 1.807) is 72.8 Å². The molecule has 6 nitrogen and oxygen atoms in total. The first-order valence-electron chi connectivity index (χ1n) is 10.7. The predicted octanol–water partition coefficient (Wildman–Crippen LogP) is 5.65. The second kappa shape index (κ2) is 8.41. The predicted molar refractivity (Wildman–Crippen MR) is 128 cm³/mol. The van der Waals surface area contributed by atoms with E-state index in [1.807, 2.05) is 12.2 Å². The summed E-state index contributed by atoms with van der Waals surface area (Å²) in [5, 5.41) is 50.0. The first-order chi connectivity index (χ1) is 16.4. The molecule has 0 saturated heterocycles. The van der Waals surface area contributed by atoms with E-state index in [0.29, 0.717) is 16.9 Å². The van der Waals surface area contributed by atoms with Crippen molar-refractivity contribution < 1.29 is 30.3 Å². The first-order valence-corrected chi connectivity index (χ1v) is 10.7. The molecule has 1 aliphatic heterocycles. The Kier molecular flexibility index (Phi) is 5.26. The Balaban J connectivity index is 1.67. The van der Waals surface area contributed by atoms with Crippen molar-refractivity contribution >= 4 is 12.2 Å². The van der Waals surface area contributed by atoms with Crippen molar-refractivity contribution in [3.63, 3.8) is 0 Å². The van der Waals surface area contributed by atoms with Crippen LogP contribution in [0.3, 0.4) is 0 Å². The maximum atomic E-state index is 10.4. The van der Waals surface area contributed by atoms with Crippen molar-refractivity contribution in [2.24, 2.45) is 0 Å². The molecule has 170 valence electrons. The fraction of sp³-hybridized carbons (Fsp3) is 0.0714. The normalized spacial score (nSPS) is 16.9. The topological polar surface area (TPSA) is 110 Å². The lowest BCUT2D eigenvalue weighted by Crippen LogP contribution is -2.11. The van der Waals surface area contributed by atoms with Crippen molar-refractivity contribution in [2.75, 3.05) is 0 Å². The second-order valence-electron chi connectivity index (χ2n) is 8.26. The Morgan fingerprint density at radius 2 is 1.15 bits per heavy atom. The minimum absolute atomic E-state index is 0.0352. The molecule has 4 aromatic carbocycles. The summed E-state index contributed by atoms with van der Waals surface area (Å²) in [6, 6.07) is 21.0. The van der Waals surface area contributed by atoms with Gasteiger partial charge in [-0.05, 0) is 64.7 Å². The van der Waals surface area contributed by atoms with E-state index in [1.165, 1.54) is 6.07 Å². The number of hydrogen-bond donors (Lipinski definition) is 5. The summed E-state index contributed by atoms with van der Waals surface area (Å²) >= 11 is 0. The van der Waals surface area contributed by atoms with Gasteiger partial charge in [-0.3, -0.25) is 0 Å². The van der Waals surface area contributed by atoms with Crippen LogP contribution in [0.25, 0.3) is 12.2 Å². The molecule has 1 unspecified atom stereocenters. The van der Waals surface area contributed by atoms with Gasteiger partial charge < -0.3 is 30.3 Å². The molecule has 0 spiro atoms. The molecule has 5 rings (SSSR count). The van der Waals surface area contributed by atoms with Gasteiger partial charge in [0.25, 0.3) is 0 Å². The number of hydrogen-bond acceptors (Lipinski definition) is 6. The molecule has 1 heterocycles. The molecule has 4 aromatic rings. The second-order valence-corrected chi connectivity index (χ2v) is 8.26. The van der Waals surface area contributed by atoms with Crippen LogP contribution in [0.1, 0.15) is 39.8 Å². The highest BCUT2D eigenvalue weighted by molar-refractivity contribution is 5.75. The lowest BCUT2D eigenvalue weighted by Gasteiger charge is -2.21. The molecular formula is C28H22O6. The monoisotopic (exact) mass is 454 g/mol. The minimum Gasteiger partial charge on any atom is -0.508 e. The van der Waals surface area contributed by atoms with Gasteiger partial charge in [0, 0.05) is 17.7 Å². The Morgan fingerprint density at radius 3 is 1.79 bits per heavy atom. The molecule has 0 amide bonds. The number of aromatic hydroxyl groups is 5. The molecule has 2 atom stereocenters. The largest absolute Gasteiger partial charge is 0.508 e. The van der Waals surface area contributed by atoms with E-state index >= 15 is 0 Å². The lowest BCUT2D eigenvalue weighted by molar-refractivity contribution is 0.221. The molecule has 0 radical (unpaired) electrons. The Hall–Kier alpha value is -4.58. The number of ether oxygens (including phenoxy) is 1. The molecule has 5 N–H and O–H groups in total. The van der Waals surface area contributed by atoms with Crippen molar-refractivity contribution in [2.45, 2.75) is 12.0 Å². The average molecular weight is 454 g/mol. The Bertz CT molecular complexity index is 1350. The van der Waals surface area contributed by atoms with Gasteiger partial charge in [0.1, 0.15) is 40.6 Å². The summed E-state index contributed by atoms with van der Waals surface area (Å²) in [4.78, 5) is 0. The van der Waals surface area contributed by atoms with Crippen LogP contribution in [0, 0.1) is 0 Å². The van der Waals surface area contributed by atoms with E-state index in [2.05, 4.69) is 0 Å². The Labute approximate surface area is 195 Å². The number of phenolic OH excluding ortho intramolecular Hbond substituents is 5. The number of phenols is 5. The lowest BCUT2D eigenvalue weighted by atomic mass is 9.82. The third-order valence-corrected chi connectivity index (χ3v) is 5.88. The zero-order valence-electron chi connectivity index (χ0n) is 18.0. The highest BCUT2D eigenvalue weighted by Crippen LogP contribution is 2.53. The number of rotatable bonds is 4. The van der Waals surface area contributed by atoms with E-state index in [0.717, 1.165) is 16.7 Å². The van der Waals surface area contributed by atoms with E-state index in [9.17, 15) is 25.5 Å². The third-order valence-electron chi connectivity index (χ3n) is 5.88. The van der Waals surface area contributed by atoms with Crippen LogP contribution in [0.15, 0.2) is 78.9 Å². The molecular weight excluding hydrogens is 432 g/mol. The van der Waals surface area contributed by atoms with Crippen molar-refractivity contribution in [3.8, 4) is 34.5 Å². The fourth-order valence-corrected chi connectivity index (χ4v) is 4.39. The maximum Gasteiger partial charge on any atom is 0.135 e. The molecule has 6 heteroatoms. The van der Waals surface area contributed by atoms with Crippen LogP contribution >= 0.6 is 0 Å². The highest BCUT2D eigenvalue weighted by atomic mass is 16.5. The highest BCUT2D eigenvalue weighted by Gasteiger charge is 2.39. The van der Waals surface area contributed by atoms with E-state index < -0.39 is 12.0 Å². The van der Waals surface area contributed by atoms with Gasteiger partial charge in [-0.25, -0.2) is 0 Å². The van der Waals surface area contributed by atoms with Crippen LogP contribution in [-0.2, 0) is 0 Å². The summed E-state index contributed by atoms with van der Waals surface area (Å²) < 4.78 is 6.30. The summed E-state index contributed by atoms with van der Waals surface area (Å²) in [7, 11) is 0. The summed E-state index contributed by atoms with van der Waals surface area (Å²) in [6.45, 7) is 0. The molecule has 0 saturated carbocycles. The van der Waals surface area contributed by atoms with Crippen LogP contribution in [0.2, 0.25) is 0 Å².